The first-order valence-corrected chi connectivity index (χ1v) is 12.9. The average Bonchev–Trinajstić information content (AvgIpc) is 3.35. The second-order valence-electron chi connectivity index (χ2n) is 11.6. The molecule has 1 amide bonds. The van der Waals surface area contributed by atoms with E-state index >= 15 is 0 Å². The van der Waals surface area contributed by atoms with Gasteiger partial charge in [-0.15, -0.1) is 0 Å². The third-order valence-corrected chi connectivity index (χ3v) is 8.21. The van der Waals surface area contributed by atoms with Gasteiger partial charge < -0.3 is 10.2 Å². The van der Waals surface area contributed by atoms with Crippen LogP contribution in [0.25, 0.3) is 6.08 Å². The third kappa shape index (κ3) is 3.25. The largest absolute Gasteiger partial charge is 0.352 e. The van der Waals surface area contributed by atoms with Gasteiger partial charge in [0.25, 0.3) is 0 Å². The average molecular weight is 509 g/mol. The maximum absolute atomic E-state index is 14.5. The van der Waals surface area contributed by atoms with Gasteiger partial charge in [0, 0.05) is 22.4 Å². The van der Waals surface area contributed by atoms with E-state index in [4.69, 9.17) is 0 Å². The van der Waals surface area contributed by atoms with Crippen LogP contribution >= 0.6 is 0 Å². The maximum Gasteiger partial charge on any atom is 0.238 e. The molecule has 5 nitrogen and oxygen atoms in total. The van der Waals surface area contributed by atoms with Crippen molar-refractivity contribution in [2.75, 3.05) is 10.2 Å². The van der Waals surface area contributed by atoms with Crippen molar-refractivity contribution in [2.24, 2.45) is 11.3 Å². The Morgan fingerprint density at radius 2 is 1.71 bits per heavy atom. The number of aryl methyl sites for hydroxylation is 1. The number of Topliss-reactive ketones (excluding diaryl/α,β-unsaturated/α-hetero) is 2. The molecule has 0 saturated carbocycles. The number of anilines is 2. The van der Waals surface area contributed by atoms with Crippen LogP contribution in [0.2, 0.25) is 0 Å². The predicted octanol–water partition coefficient (Wildman–Crippen LogP) is 5.72. The minimum atomic E-state index is -1.35. The lowest BCUT2D eigenvalue weighted by Gasteiger charge is -2.38. The molecule has 3 aromatic carbocycles. The molecule has 1 fully saturated rings. The maximum atomic E-state index is 14.5. The number of amides is 1. The van der Waals surface area contributed by atoms with Crippen LogP contribution in [0.1, 0.15) is 47.8 Å². The molecule has 3 heterocycles. The standard InChI is InChI=1S/C32H29FN2O3/c1-18-9-15-24-20(17-18)12-16-25-32(22-7-5-6-8-23(22)34-30(32)38)26(27(35(24)25)29(37)31(2,3)4)28(36)19-10-13-21(33)14-11-19/h5-17,25-27H,1-4H3,(H,34,38). The molecule has 1 saturated heterocycles. The number of hydrogen-bond donors (Lipinski definition) is 1. The molecule has 3 aliphatic rings. The Morgan fingerprint density at radius 1 is 1.00 bits per heavy atom. The van der Waals surface area contributed by atoms with Crippen molar-refractivity contribution in [1.29, 1.82) is 0 Å². The third-order valence-electron chi connectivity index (χ3n) is 8.21. The number of nitrogens with zero attached hydrogens (tertiary/aromatic N) is 1. The number of para-hydroxylation sites is 1. The van der Waals surface area contributed by atoms with E-state index in [0.29, 0.717) is 11.3 Å². The lowest BCUT2D eigenvalue weighted by atomic mass is 9.63. The summed E-state index contributed by atoms with van der Waals surface area (Å²) in [5.41, 5.74) is 2.29. The molecule has 0 radical (unpaired) electrons. The number of hydrogen-bond acceptors (Lipinski definition) is 4. The van der Waals surface area contributed by atoms with Gasteiger partial charge in [0.05, 0.1) is 12.0 Å². The molecule has 4 unspecified atom stereocenters. The Kier molecular flexibility index (Phi) is 5.25. The van der Waals surface area contributed by atoms with Gasteiger partial charge >= 0.3 is 0 Å². The molecule has 192 valence electrons. The van der Waals surface area contributed by atoms with Crippen LogP contribution in [0.5, 0.6) is 0 Å². The van der Waals surface area contributed by atoms with Gasteiger partial charge in [-0.25, -0.2) is 4.39 Å². The van der Waals surface area contributed by atoms with Gasteiger partial charge in [-0.1, -0.05) is 62.8 Å². The number of ketones is 2. The van der Waals surface area contributed by atoms with Gasteiger partial charge in [0.15, 0.2) is 11.6 Å². The van der Waals surface area contributed by atoms with Gasteiger partial charge in [-0.3, -0.25) is 14.4 Å². The molecule has 0 aliphatic carbocycles. The molecule has 0 aromatic heterocycles. The van der Waals surface area contributed by atoms with E-state index < -0.39 is 34.6 Å². The second-order valence-corrected chi connectivity index (χ2v) is 11.6. The number of carbonyl (C=O) groups excluding carboxylic acids is 3. The van der Waals surface area contributed by atoms with Crippen LogP contribution in [0.15, 0.2) is 72.8 Å². The summed E-state index contributed by atoms with van der Waals surface area (Å²) in [4.78, 5) is 45.1. The fraction of sp³-hybridized carbons (Fsp3) is 0.281. The van der Waals surface area contributed by atoms with Gasteiger partial charge in [0.2, 0.25) is 5.91 Å². The van der Waals surface area contributed by atoms with Gasteiger partial charge in [-0.2, -0.15) is 0 Å². The Hall–Kier alpha value is -4.06. The Balaban J connectivity index is 1.68. The fourth-order valence-electron chi connectivity index (χ4n) is 6.54. The fourth-order valence-corrected chi connectivity index (χ4v) is 6.54. The van der Waals surface area contributed by atoms with E-state index in [1.807, 2.05) is 87.2 Å². The van der Waals surface area contributed by atoms with Crippen LogP contribution in [0.3, 0.4) is 0 Å². The van der Waals surface area contributed by atoms with Crippen molar-refractivity contribution in [3.63, 3.8) is 0 Å². The Bertz CT molecular complexity index is 1530. The van der Waals surface area contributed by atoms with Crippen LogP contribution in [-0.2, 0) is 15.0 Å². The van der Waals surface area contributed by atoms with E-state index in [-0.39, 0.29) is 23.0 Å². The summed E-state index contributed by atoms with van der Waals surface area (Å²) in [7, 11) is 0. The smallest absolute Gasteiger partial charge is 0.238 e. The minimum Gasteiger partial charge on any atom is -0.352 e. The van der Waals surface area contributed by atoms with E-state index in [1.165, 1.54) is 24.3 Å². The van der Waals surface area contributed by atoms with E-state index in [0.717, 1.165) is 16.8 Å². The number of carbonyl (C=O) groups is 3. The topological polar surface area (TPSA) is 66.5 Å². The lowest BCUT2D eigenvalue weighted by molar-refractivity contribution is -0.128. The summed E-state index contributed by atoms with van der Waals surface area (Å²) >= 11 is 0. The molecule has 4 atom stereocenters. The minimum absolute atomic E-state index is 0.126. The van der Waals surface area contributed by atoms with Gasteiger partial charge in [0.1, 0.15) is 17.3 Å². The molecule has 0 bridgehead atoms. The molecule has 38 heavy (non-hydrogen) atoms. The van der Waals surface area contributed by atoms with Crippen LogP contribution in [-0.4, -0.2) is 29.6 Å². The summed E-state index contributed by atoms with van der Waals surface area (Å²) in [6.45, 7) is 7.53. The van der Waals surface area contributed by atoms with Crippen molar-refractivity contribution >= 4 is 34.9 Å². The molecule has 1 N–H and O–H groups in total. The Morgan fingerprint density at radius 3 is 2.42 bits per heavy atom. The van der Waals surface area contributed by atoms with Crippen LogP contribution in [0.4, 0.5) is 15.8 Å². The first-order valence-electron chi connectivity index (χ1n) is 12.9. The zero-order chi connectivity index (χ0) is 27.0. The van der Waals surface area contributed by atoms with E-state index in [1.54, 1.807) is 0 Å². The van der Waals surface area contributed by atoms with E-state index in [2.05, 4.69) is 5.32 Å². The molecule has 6 heteroatoms. The molecule has 1 spiro atoms. The SMILES string of the molecule is Cc1ccc2c(c1)C=CC1N2C(C(=O)C(C)(C)C)C(C(=O)c2ccc(F)cc2)C12C(=O)Nc1ccccc12. The van der Waals surface area contributed by atoms with E-state index in [9.17, 15) is 18.8 Å². The number of halogens is 1. The summed E-state index contributed by atoms with van der Waals surface area (Å²) in [6.07, 6.45) is 3.95. The zero-order valence-electron chi connectivity index (χ0n) is 21.8. The summed E-state index contributed by atoms with van der Waals surface area (Å²) in [6, 6.07) is 17.3. The summed E-state index contributed by atoms with van der Waals surface area (Å²) < 4.78 is 13.8. The highest BCUT2D eigenvalue weighted by atomic mass is 19.1. The molecular formula is C32H29FN2O3. The van der Waals surface area contributed by atoms with Crippen LogP contribution in [0, 0.1) is 24.1 Å². The first kappa shape index (κ1) is 24.3. The number of rotatable bonds is 3. The molecule has 3 aromatic rings. The van der Waals surface area contributed by atoms with Crippen molar-refractivity contribution in [3.8, 4) is 0 Å². The summed E-state index contributed by atoms with van der Waals surface area (Å²) in [5.74, 6) is -2.28. The highest BCUT2D eigenvalue weighted by molar-refractivity contribution is 6.17. The second kappa shape index (κ2) is 8.22. The van der Waals surface area contributed by atoms with Crippen molar-refractivity contribution in [2.45, 2.75) is 45.2 Å². The first-order chi connectivity index (χ1) is 18.0. The highest BCUT2D eigenvalue weighted by Crippen LogP contribution is 2.58. The molecular weight excluding hydrogens is 479 g/mol. The highest BCUT2D eigenvalue weighted by Gasteiger charge is 2.70. The van der Waals surface area contributed by atoms with Crippen molar-refractivity contribution in [3.05, 3.63) is 101 Å². The van der Waals surface area contributed by atoms with Crippen molar-refractivity contribution in [1.82, 2.24) is 0 Å². The lowest BCUT2D eigenvalue weighted by Crippen LogP contribution is -2.51. The molecule has 3 aliphatic heterocycles. The normalized spacial score (nSPS) is 25.1. The molecule has 6 rings (SSSR count). The Labute approximate surface area is 221 Å². The number of fused-ring (bicyclic) bond motifs is 6. The van der Waals surface area contributed by atoms with Crippen LogP contribution < -0.4 is 10.2 Å². The number of nitrogens with one attached hydrogen (secondary N) is 1. The van der Waals surface area contributed by atoms with Crippen molar-refractivity contribution < 1.29 is 18.8 Å². The zero-order valence-corrected chi connectivity index (χ0v) is 21.8. The quantitative estimate of drug-likeness (QED) is 0.460. The number of benzene rings is 3. The van der Waals surface area contributed by atoms with Gasteiger partial charge in [-0.05, 0) is 60.5 Å². The monoisotopic (exact) mass is 508 g/mol. The summed E-state index contributed by atoms with van der Waals surface area (Å²) in [5, 5.41) is 3.02. The predicted molar refractivity (Wildman–Crippen MR) is 146 cm³/mol.